The number of nitrogens with one attached hydrogen (secondary N) is 1. The highest BCUT2D eigenvalue weighted by atomic mass is 16.2. The second-order valence-electron chi connectivity index (χ2n) is 3.00. The van der Waals surface area contributed by atoms with Gasteiger partial charge in [0.1, 0.15) is 0 Å². The van der Waals surface area contributed by atoms with Crippen molar-refractivity contribution in [3.05, 3.63) is 35.4 Å². The average Bonchev–Trinajstić information content (AvgIpc) is 2.18. The normalized spacial score (nSPS) is 9.07. The molecule has 0 spiro atoms. The van der Waals surface area contributed by atoms with Crippen molar-refractivity contribution in [1.29, 1.82) is 5.26 Å². The molecule has 2 amide bonds. The van der Waals surface area contributed by atoms with Gasteiger partial charge < -0.3 is 0 Å². The fourth-order valence-electron chi connectivity index (χ4n) is 1.21. The molecule has 0 atom stereocenters. The van der Waals surface area contributed by atoms with Gasteiger partial charge in [0.25, 0.3) is 5.91 Å². The molecule has 0 bridgehead atoms. The summed E-state index contributed by atoms with van der Waals surface area (Å²) in [4.78, 5) is 22.2. The number of imide groups is 1. The minimum atomic E-state index is -0.464. The standard InChI is InChI=1S/C11H10N2O2/c1-8(14)13-11(15)10-5-3-2-4-9(10)6-7-12/h2-5H,6H2,1H3,(H,13,14,15). The van der Waals surface area contributed by atoms with Gasteiger partial charge in [-0.15, -0.1) is 0 Å². The maximum atomic E-state index is 11.5. The molecular weight excluding hydrogens is 192 g/mol. The lowest BCUT2D eigenvalue weighted by molar-refractivity contribution is -0.118. The van der Waals surface area contributed by atoms with Crippen LogP contribution >= 0.6 is 0 Å². The van der Waals surface area contributed by atoms with Crippen molar-refractivity contribution < 1.29 is 9.59 Å². The fourth-order valence-corrected chi connectivity index (χ4v) is 1.21. The number of nitrogens with zero attached hydrogens (tertiary/aromatic N) is 1. The van der Waals surface area contributed by atoms with Gasteiger partial charge in [0, 0.05) is 12.5 Å². The first-order chi connectivity index (χ1) is 7.15. The van der Waals surface area contributed by atoms with Crippen LogP contribution in [0.2, 0.25) is 0 Å². The van der Waals surface area contributed by atoms with Gasteiger partial charge >= 0.3 is 0 Å². The summed E-state index contributed by atoms with van der Waals surface area (Å²) in [6.07, 6.45) is 0.154. The van der Waals surface area contributed by atoms with Crippen molar-refractivity contribution >= 4 is 11.8 Å². The predicted octanol–water partition coefficient (Wildman–Crippen LogP) is 1.03. The molecule has 76 valence electrons. The predicted molar refractivity (Wildman–Crippen MR) is 53.9 cm³/mol. The van der Waals surface area contributed by atoms with Crippen molar-refractivity contribution in [3.8, 4) is 6.07 Å². The Morgan fingerprint density at radius 2 is 2.07 bits per heavy atom. The Hall–Kier alpha value is -2.15. The van der Waals surface area contributed by atoms with E-state index < -0.39 is 11.8 Å². The molecule has 0 radical (unpaired) electrons. The van der Waals surface area contributed by atoms with Crippen LogP contribution in [0.3, 0.4) is 0 Å². The van der Waals surface area contributed by atoms with Crippen LogP contribution in [0.15, 0.2) is 24.3 Å². The van der Waals surface area contributed by atoms with Gasteiger partial charge in [0.2, 0.25) is 5.91 Å². The molecular formula is C11H10N2O2. The molecule has 0 aliphatic carbocycles. The summed E-state index contributed by atoms with van der Waals surface area (Å²) in [7, 11) is 0. The smallest absolute Gasteiger partial charge is 0.258 e. The molecule has 1 rings (SSSR count). The van der Waals surface area contributed by atoms with Crippen LogP contribution in [-0.2, 0) is 11.2 Å². The maximum Gasteiger partial charge on any atom is 0.258 e. The molecule has 4 nitrogen and oxygen atoms in total. The summed E-state index contributed by atoms with van der Waals surface area (Å²) in [6, 6.07) is 8.69. The van der Waals surface area contributed by atoms with Crippen molar-refractivity contribution in [2.75, 3.05) is 0 Å². The Bertz CT molecular complexity index is 432. The molecule has 0 aliphatic heterocycles. The van der Waals surface area contributed by atoms with Gasteiger partial charge in [-0.2, -0.15) is 5.26 Å². The highest BCUT2D eigenvalue weighted by Crippen LogP contribution is 2.08. The monoisotopic (exact) mass is 202 g/mol. The summed E-state index contributed by atoms with van der Waals surface area (Å²) in [5.41, 5.74) is 0.994. The van der Waals surface area contributed by atoms with Crippen molar-refractivity contribution in [1.82, 2.24) is 5.32 Å². The van der Waals surface area contributed by atoms with Gasteiger partial charge in [0.15, 0.2) is 0 Å². The van der Waals surface area contributed by atoms with Crippen molar-refractivity contribution in [3.63, 3.8) is 0 Å². The topological polar surface area (TPSA) is 70.0 Å². The Balaban J connectivity index is 2.98. The SMILES string of the molecule is CC(=O)NC(=O)c1ccccc1CC#N. The summed E-state index contributed by atoms with van der Waals surface area (Å²) >= 11 is 0. The van der Waals surface area contributed by atoms with E-state index >= 15 is 0 Å². The Morgan fingerprint density at radius 1 is 1.40 bits per heavy atom. The highest BCUT2D eigenvalue weighted by Gasteiger charge is 2.11. The molecule has 4 heteroatoms. The zero-order valence-electron chi connectivity index (χ0n) is 8.28. The van der Waals surface area contributed by atoms with Crippen LogP contribution in [0.4, 0.5) is 0 Å². The summed E-state index contributed by atoms with van der Waals surface area (Å²) in [6.45, 7) is 1.27. The lowest BCUT2D eigenvalue weighted by Gasteiger charge is -2.05. The van der Waals surface area contributed by atoms with Crippen molar-refractivity contribution in [2.45, 2.75) is 13.3 Å². The van der Waals surface area contributed by atoms with E-state index in [1.165, 1.54) is 6.92 Å². The van der Waals surface area contributed by atoms with E-state index in [2.05, 4.69) is 5.32 Å². The van der Waals surface area contributed by atoms with Gasteiger partial charge in [-0.05, 0) is 11.6 Å². The van der Waals surface area contributed by atoms with E-state index in [0.29, 0.717) is 11.1 Å². The van der Waals surface area contributed by atoms with E-state index in [1.54, 1.807) is 24.3 Å². The molecule has 15 heavy (non-hydrogen) atoms. The second-order valence-corrected chi connectivity index (χ2v) is 3.00. The molecule has 1 aromatic carbocycles. The van der Waals surface area contributed by atoms with E-state index in [1.807, 2.05) is 6.07 Å². The Kier molecular flexibility index (Phi) is 3.58. The van der Waals surface area contributed by atoms with Crippen LogP contribution < -0.4 is 5.32 Å². The van der Waals surface area contributed by atoms with Gasteiger partial charge in [-0.3, -0.25) is 14.9 Å². The molecule has 0 aliphatic rings. The first kappa shape index (κ1) is 10.9. The number of rotatable bonds is 2. The largest absolute Gasteiger partial charge is 0.293 e. The summed E-state index contributed by atoms with van der Waals surface area (Å²) in [5.74, 6) is -0.875. The molecule has 0 unspecified atom stereocenters. The second kappa shape index (κ2) is 4.91. The molecule has 1 N–H and O–H groups in total. The van der Waals surface area contributed by atoms with Crippen molar-refractivity contribution in [2.24, 2.45) is 0 Å². The van der Waals surface area contributed by atoms with Crippen LogP contribution in [0.5, 0.6) is 0 Å². The van der Waals surface area contributed by atoms with E-state index in [0.717, 1.165) is 0 Å². The zero-order chi connectivity index (χ0) is 11.3. The third-order valence-corrected chi connectivity index (χ3v) is 1.82. The number of hydrogen-bond acceptors (Lipinski definition) is 3. The van der Waals surface area contributed by atoms with Gasteiger partial charge in [-0.1, -0.05) is 18.2 Å². The third-order valence-electron chi connectivity index (χ3n) is 1.82. The molecule has 0 saturated carbocycles. The molecule has 0 heterocycles. The lowest BCUT2D eigenvalue weighted by Crippen LogP contribution is -2.28. The molecule has 1 aromatic rings. The van der Waals surface area contributed by atoms with E-state index in [9.17, 15) is 9.59 Å². The summed E-state index contributed by atoms with van der Waals surface area (Å²) in [5, 5.41) is 10.7. The number of benzene rings is 1. The molecule has 0 saturated heterocycles. The zero-order valence-corrected chi connectivity index (χ0v) is 8.28. The van der Waals surface area contributed by atoms with E-state index in [4.69, 9.17) is 5.26 Å². The lowest BCUT2D eigenvalue weighted by atomic mass is 10.0. The molecule has 0 fully saturated rings. The fraction of sp³-hybridized carbons (Fsp3) is 0.182. The first-order valence-corrected chi connectivity index (χ1v) is 4.42. The van der Waals surface area contributed by atoms with Crippen LogP contribution in [0.1, 0.15) is 22.8 Å². The quantitative estimate of drug-likeness (QED) is 0.778. The van der Waals surface area contributed by atoms with Gasteiger partial charge in [-0.25, -0.2) is 0 Å². The van der Waals surface area contributed by atoms with Crippen LogP contribution in [-0.4, -0.2) is 11.8 Å². The molecule has 0 aromatic heterocycles. The number of amides is 2. The minimum absolute atomic E-state index is 0.154. The van der Waals surface area contributed by atoms with Gasteiger partial charge in [0.05, 0.1) is 12.5 Å². The number of hydrogen-bond donors (Lipinski definition) is 1. The summed E-state index contributed by atoms with van der Waals surface area (Å²) < 4.78 is 0. The number of carbonyl (C=O) groups is 2. The number of nitriles is 1. The van der Waals surface area contributed by atoms with E-state index in [-0.39, 0.29) is 6.42 Å². The Morgan fingerprint density at radius 3 is 2.67 bits per heavy atom. The van der Waals surface area contributed by atoms with Crippen LogP contribution in [0, 0.1) is 11.3 Å². The average molecular weight is 202 g/mol. The maximum absolute atomic E-state index is 11.5. The third kappa shape index (κ3) is 2.92. The van der Waals surface area contributed by atoms with Crippen LogP contribution in [0.25, 0.3) is 0 Å². The first-order valence-electron chi connectivity index (χ1n) is 4.42. The minimum Gasteiger partial charge on any atom is -0.293 e. The highest BCUT2D eigenvalue weighted by molar-refractivity contribution is 6.04. The number of carbonyl (C=O) groups excluding carboxylic acids is 2. The Labute approximate surface area is 87.5 Å².